The maximum atomic E-state index is 12.3. The zero-order valence-electron chi connectivity index (χ0n) is 11.3. The number of sulfonamides is 1. The predicted octanol–water partition coefficient (Wildman–Crippen LogP) is 0.790. The lowest BCUT2D eigenvalue weighted by Gasteiger charge is -2.13. The summed E-state index contributed by atoms with van der Waals surface area (Å²) >= 11 is 0. The lowest BCUT2D eigenvalue weighted by molar-refractivity contribution is 0.377. The Hall–Kier alpha value is -1.93. The zero-order chi connectivity index (χ0) is 14.8. The molecule has 3 N–H and O–H groups in total. The van der Waals surface area contributed by atoms with Crippen molar-refractivity contribution in [2.45, 2.75) is 25.2 Å². The summed E-state index contributed by atoms with van der Waals surface area (Å²) in [5.41, 5.74) is 7.49. The molecular weight excluding hydrogens is 280 g/mol. The number of rotatable bonds is 5. The van der Waals surface area contributed by atoms with Gasteiger partial charge in [0.15, 0.2) is 6.33 Å². The van der Waals surface area contributed by atoms with E-state index in [-0.39, 0.29) is 17.1 Å². The average molecular weight is 296 g/mol. The van der Waals surface area contributed by atoms with E-state index in [2.05, 4.69) is 14.9 Å². The summed E-state index contributed by atoms with van der Waals surface area (Å²) < 4.78 is 31.9. The molecule has 0 spiro atoms. The summed E-state index contributed by atoms with van der Waals surface area (Å²) in [5.74, 6) is 0.377. The molecular formula is C12H16N4O3S. The van der Waals surface area contributed by atoms with Gasteiger partial charge in [0.05, 0.1) is 5.69 Å². The summed E-state index contributed by atoms with van der Waals surface area (Å²) in [7, 11) is -3.66. The number of nitrogen functional groups attached to an aromatic ring is 1. The maximum Gasteiger partial charge on any atom is 0.242 e. The Kier molecular flexibility index (Phi) is 4.05. The second-order valence-corrected chi connectivity index (χ2v) is 6.13. The van der Waals surface area contributed by atoms with Crippen LogP contribution in [-0.4, -0.2) is 25.1 Å². The Morgan fingerprint density at radius 3 is 2.65 bits per heavy atom. The number of aryl methyl sites for hydroxylation is 2. The molecule has 2 aromatic rings. The van der Waals surface area contributed by atoms with Gasteiger partial charge in [-0.3, -0.25) is 0 Å². The minimum Gasteiger partial charge on any atom is -0.397 e. The lowest BCUT2D eigenvalue weighted by atomic mass is 10.1. The molecule has 20 heavy (non-hydrogen) atoms. The maximum absolute atomic E-state index is 12.3. The number of nitrogens with zero attached hydrogens (tertiary/aromatic N) is 2. The third kappa shape index (κ3) is 2.97. The van der Waals surface area contributed by atoms with Crippen LogP contribution >= 0.6 is 0 Å². The lowest BCUT2D eigenvalue weighted by Crippen LogP contribution is -2.27. The van der Waals surface area contributed by atoms with Crippen LogP contribution in [0, 0.1) is 13.8 Å². The highest BCUT2D eigenvalue weighted by molar-refractivity contribution is 7.89. The van der Waals surface area contributed by atoms with E-state index in [9.17, 15) is 8.42 Å². The first-order valence-electron chi connectivity index (χ1n) is 6.02. The third-order valence-electron chi connectivity index (χ3n) is 2.92. The van der Waals surface area contributed by atoms with Crippen molar-refractivity contribution in [2.75, 3.05) is 12.3 Å². The van der Waals surface area contributed by atoms with Crippen molar-refractivity contribution in [1.29, 1.82) is 0 Å². The van der Waals surface area contributed by atoms with Crippen LogP contribution in [0.25, 0.3) is 0 Å². The van der Waals surface area contributed by atoms with Crippen LogP contribution in [0.4, 0.5) is 5.69 Å². The summed E-state index contributed by atoms with van der Waals surface area (Å²) in [6.07, 6.45) is 1.59. The zero-order valence-corrected chi connectivity index (χ0v) is 12.1. The van der Waals surface area contributed by atoms with Crippen LogP contribution in [0.3, 0.4) is 0 Å². The fourth-order valence-electron chi connectivity index (χ4n) is 1.83. The molecule has 0 atom stereocenters. The molecule has 2 rings (SSSR count). The van der Waals surface area contributed by atoms with Gasteiger partial charge in [0.2, 0.25) is 15.9 Å². The van der Waals surface area contributed by atoms with Crippen molar-refractivity contribution in [1.82, 2.24) is 14.9 Å². The Balaban J connectivity index is 2.16. The second-order valence-electron chi connectivity index (χ2n) is 4.42. The fraction of sp³-hybridized carbons (Fsp3) is 0.333. The number of anilines is 1. The first-order chi connectivity index (χ1) is 9.42. The number of nitrogens with two attached hydrogens (primary N) is 1. The van der Waals surface area contributed by atoms with Gasteiger partial charge < -0.3 is 10.3 Å². The summed E-state index contributed by atoms with van der Waals surface area (Å²) in [6.45, 7) is 3.64. The molecule has 0 aliphatic carbocycles. The highest BCUT2D eigenvalue weighted by atomic mass is 32.2. The van der Waals surface area contributed by atoms with Gasteiger partial charge in [-0.25, -0.2) is 13.1 Å². The minimum atomic E-state index is -3.66. The summed E-state index contributed by atoms with van der Waals surface area (Å²) in [4.78, 5) is 3.95. The highest BCUT2D eigenvalue weighted by Gasteiger charge is 2.21. The van der Waals surface area contributed by atoms with E-state index < -0.39 is 10.0 Å². The summed E-state index contributed by atoms with van der Waals surface area (Å²) in [6, 6.07) is 3.53. The van der Waals surface area contributed by atoms with Crippen LogP contribution in [0.2, 0.25) is 0 Å². The normalized spacial score (nSPS) is 11.7. The molecule has 0 fully saturated rings. The van der Waals surface area contributed by atoms with Gasteiger partial charge in [0.1, 0.15) is 4.90 Å². The molecule has 0 bridgehead atoms. The van der Waals surface area contributed by atoms with E-state index in [1.807, 2.05) is 0 Å². The van der Waals surface area contributed by atoms with E-state index in [1.165, 1.54) is 6.33 Å². The minimum absolute atomic E-state index is 0.128. The van der Waals surface area contributed by atoms with Gasteiger partial charge in [-0.2, -0.15) is 4.98 Å². The van der Waals surface area contributed by atoms with Gasteiger partial charge in [0, 0.05) is 13.0 Å². The molecule has 0 saturated carbocycles. The van der Waals surface area contributed by atoms with Crippen molar-refractivity contribution in [2.24, 2.45) is 0 Å². The van der Waals surface area contributed by atoms with Crippen LogP contribution < -0.4 is 10.5 Å². The van der Waals surface area contributed by atoms with Crippen molar-refractivity contribution in [3.05, 3.63) is 35.5 Å². The van der Waals surface area contributed by atoms with Crippen molar-refractivity contribution >= 4 is 15.7 Å². The second kappa shape index (κ2) is 5.59. The standard InChI is InChI=1S/C12H16N4O3S/c1-8-3-4-9(2)12(11(8)13)20(17,18)16-6-5-10-14-7-15-19-10/h3-4,7,16H,5-6,13H2,1-2H3. The Morgan fingerprint density at radius 2 is 2.00 bits per heavy atom. The van der Waals surface area contributed by atoms with Crippen LogP contribution in [-0.2, 0) is 16.4 Å². The van der Waals surface area contributed by atoms with Gasteiger partial charge >= 0.3 is 0 Å². The molecule has 0 aliphatic rings. The van der Waals surface area contributed by atoms with Gasteiger partial charge in [0.25, 0.3) is 0 Å². The molecule has 108 valence electrons. The predicted molar refractivity (Wildman–Crippen MR) is 73.5 cm³/mol. The molecule has 0 unspecified atom stereocenters. The Morgan fingerprint density at radius 1 is 1.30 bits per heavy atom. The molecule has 7 nitrogen and oxygen atoms in total. The Bertz CT molecular complexity index is 696. The molecule has 1 aromatic heterocycles. The van der Waals surface area contributed by atoms with Gasteiger partial charge in [-0.1, -0.05) is 17.3 Å². The monoisotopic (exact) mass is 296 g/mol. The van der Waals surface area contributed by atoms with Gasteiger partial charge in [-0.15, -0.1) is 0 Å². The Labute approximate surface area is 117 Å². The van der Waals surface area contributed by atoms with E-state index in [4.69, 9.17) is 10.3 Å². The topological polar surface area (TPSA) is 111 Å². The molecule has 0 radical (unpaired) electrons. The van der Waals surface area contributed by atoms with E-state index >= 15 is 0 Å². The molecule has 0 saturated heterocycles. The number of aromatic nitrogens is 2. The first-order valence-corrected chi connectivity index (χ1v) is 7.51. The highest BCUT2D eigenvalue weighted by Crippen LogP contribution is 2.25. The smallest absolute Gasteiger partial charge is 0.242 e. The molecule has 8 heteroatoms. The van der Waals surface area contributed by atoms with E-state index in [0.717, 1.165) is 5.56 Å². The molecule has 0 aliphatic heterocycles. The van der Waals surface area contributed by atoms with Crippen LogP contribution in [0.5, 0.6) is 0 Å². The van der Waals surface area contributed by atoms with Gasteiger partial charge in [-0.05, 0) is 25.0 Å². The number of hydrogen-bond donors (Lipinski definition) is 2. The van der Waals surface area contributed by atoms with E-state index in [1.54, 1.807) is 26.0 Å². The first kappa shape index (κ1) is 14.5. The SMILES string of the molecule is Cc1ccc(C)c(S(=O)(=O)NCCc2ncno2)c1N. The van der Waals surface area contributed by atoms with E-state index in [0.29, 0.717) is 17.9 Å². The number of nitrogens with one attached hydrogen (secondary N) is 1. The third-order valence-corrected chi connectivity index (χ3v) is 4.58. The van der Waals surface area contributed by atoms with Crippen LogP contribution in [0.15, 0.2) is 27.9 Å². The quantitative estimate of drug-likeness (QED) is 0.789. The molecule has 1 heterocycles. The van der Waals surface area contributed by atoms with Crippen molar-refractivity contribution < 1.29 is 12.9 Å². The average Bonchev–Trinajstić information content (AvgIpc) is 2.87. The van der Waals surface area contributed by atoms with Crippen molar-refractivity contribution in [3.8, 4) is 0 Å². The number of hydrogen-bond acceptors (Lipinski definition) is 6. The molecule has 1 aromatic carbocycles. The largest absolute Gasteiger partial charge is 0.397 e. The van der Waals surface area contributed by atoms with Crippen LogP contribution in [0.1, 0.15) is 17.0 Å². The molecule has 0 amide bonds. The summed E-state index contributed by atoms with van der Waals surface area (Å²) in [5, 5.41) is 3.45. The number of benzene rings is 1. The fourth-order valence-corrected chi connectivity index (χ4v) is 3.29. The van der Waals surface area contributed by atoms with Crippen molar-refractivity contribution in [3.63, 3.8) is 0 Å².